The number of oxazole rings is 1. The zero-order chi connectivity index (χ0) is 13.6. The molecule has 6 heteroatoms. The molecule has 0 unspecified atom stereocenters. The van der Waals surface area contributed by atoms with Gasteiger partial charge in [-0.1, -0.05) is 0 Å². The highest BCUT2D eigenvalue weighted by Gasteiger charge is 2.20. The van der Waals surface area contributed by atoms with Crippen LogP contribution in [-0.4, -0.2) is 42.7 Å². The molecule has 0 saturated carbocycles. The SMILES string of the molecule is CN1CCN(c2cc(F)cc3c2oc(=O)n3C)CC1. The van der Waals surface area contributed by atoms with Crippen LogP contribution in [-0.2, 0) is 7.05 Å². The third kappa shape index (κ3) is 2.02. The van der Waals surface area contributed by atoms with Gasteiger partial charge in [-0.05, 0) is 7.05 Å². The molecular weight excluding hydrogens is 249 g/mol. The number of benzene rings is 1. The Bertz CT molecular complexity index is 668. The first-order valence-electron chi connectivity index (χ1n) is 6.29. The molecule has 0 bridgehead atoms. The Hall–Kier alpha value is -1.82. The zero-order valence-corrected chi connectivity index (χ0v) is 11.0. The number of fused-ring (bicyclic) bond motifs is 1. The third-order valence-corrected chi connectivity index (χ3v) is 3.68. The maximum atomic E-state index is 13.7. The zero-order valence-electron chi connectivity index (χ0n) is 11.0. The van der Waals surface area contributed by atoms with E-state index in [4.69, 9.17) is 4.42 Å². The highest BCUT2D eigenvalue weighted by Crippen LogP contribution is 2.28. The van der Waals surface area contributed by atoms with Gasteiger partial charge in [0.1, 0.15) is 5.82 Å². The summed E-state index contributed by atoms with van der Waals surface area (Å²) in [6.07, 6.45) is 0. The number of rotatable bonds is 1. The molecule has 5 nitrogen and oxygen atoms in total. The average Bonchev–Trinajstić information content (AvgIpc) is 2.66. The molecule has 1 saturated heterocycles. The fraction of sp³-hybridized carbons (Fsp3) is 0.462. The minimum Gasteiger partial charge on any atom is -0.405 e. The number of piperazine rings is 1. The van der Waals surface area contributed by atoms with Crippen LogP contribution in [0.25, 0.3) is 11.1 Å². The van der Waals surface area contributed by atoms with Gasteiger partial charge < -0.3 is 14.2 Å². The van der Waals surface area contributed by atoms with Crippen molar-refractivity contribution in [1.82, 2.24) is 9.47 Å². The fourth-order valence-corrected chi connectivity index (χ4v) is 2.46. The number of hydrogen-bond acceptors (Lipinski definition) is 4. The molecule has 0 atom stereocenters. The molecule has 0 radical (unpaired) electrons. The van der Waals surface area contributed by atoms with Crippen molar-refractivity contribution in [3.05, 3.63) is 28.5 Å². The largest absolute Gasteiger partial charge is 0.419 e. The number of halogens is 1. The molecule has 3 rings (SSSR count). The number of anilines is 1. The van der Waals surface area contributed by atoms with Crippen molar-refractivity contribution >= 4 is 16.8 Å². The first kappa shape index (κ1) is 12.2. The van der Waals surface area contributed by atoms with Crippen LogP contribution in [0.2, 0.25) is 0 Å². The summed E-state index contributed by atoms with van der Waals surface area (Å²) in [5, 5.41) is 0. The van der Waals surface area contributed by atoms with Crippen LogP contribution in [0.1, 0.15) is 0 Å². The predicted molar refractivity (Wildman–Crippen MR) is 71.1 cm³/mol. The quantitative estimate of drug-likeness (QED) is 0.772. The van der Waals surface area contributed by atoms with Crippen molar-refractivity contribution in [2.75, 3.05) is 38.1 Å². The Kier molecular flexibility index (Phi) is 2.82. The van der Waals surface area contributed by atoms with Crippen molar-refractivity contribution in [2.24, 2.45) is 7.05 Å². The second-order valence-corrected chi connectivity index (χ2v) is 4.99. The van der Waals surface area contributed by atoms with Gasteiger partial charge in [-0.3, -0.25) is 4.57 Å². The summed E-state index contributed by atoms with van der Waals surface area (Å²) in [6, 6.07) is 2.77. The van der Waals surface area contributed by atoms with E-state index in [0.717, 1.165) is 26.2 Å². The highest BCUT2D eigenvalue weighted by atomic mass is 19.1. The van der Waals surface area contributed by atoms with Crippen LogP contribution in [0.5, 0.6) is 0 Å². The summed E-state index contributed by atoms with van der Waals surface area (Å²) in [7, 11) is 3.64. The molecule has 1 fully saturated rings. The average molecular weight is 265 g/mol. The Labute approximate surface area is 109 Å². The van der Waals surface area contributed by atoms with Gasteiger partial charge in [0.2, 0.25) is 0 Å². The van der Waals surface area contributed by atoms with Crippen molar-refractivity contribution in [2.45, 2.75) is 0 Å². The maximum absolute atomic E-state index is 13.7. The Morgan fingerprint density at radius 2 is 1.84 bits per heavy atom. The van der Waals surface area contributed by atoms with Gasteiger partial charge in [-0.2, -0.15) is 0 Å². The maximum Gasteiger partial charge on any atom is 0.419 e. The molecule has 0 amide bonds. The van der Waals surface area contributed by atoms with E-state index >= 15 is 0 Å². The minimum absolute atomic E-state index is 0.349. The molecule has 2 heterocycles. The Morgan fingerprint density at radius 1 is 1.16 bits per heavy atom. The van der Waals surface area contributed by atoms with Gasteiger partial charge in [0.25, 0.3) is 0 Å². The van der Waals surface area contributed by atoms with Gasteiger partial charge in [0, 0.05) is 45.4 Å². The molecular formula is C13H16FN3O2. The highest BCUT2D eigenvalue weighted by molar-refractivity contribution is 5.87. The number of hydrogen-bond donors (Lipinski definition) is 0. The molecule has 0 N–H and O–H groups in total. The van der Waals surface area contributed by atoms with Gasteiger partial charge in [0.05, 0.1) is 11.2 Å². The van der Waals surface area contributed by atoms with Crippen LogP contribution in [0.4, 0.5) is 10.1 Å². The summed E-state index contributed by atoms with van der Waals surface area (Å²) in [6.45, 7) is 3.42. The lowest BCUT2D eigenvalue weighted by Crippen LogP contribution is -2.44. The van der Waals surface area contributed by atoms with E-state index in [2.05, 4.69) is 16.8 Å². The lowest BCUT2D eigenvalue weighted by molar-refractivity contribution is 0.312. The van der Waals surface area contributed by atoms with Crippen LogP contribution < -0.4 is 10.7 Å². The smallest absolute Gasteiger partial charge is 0.405 e. The normalized spacial score (nSPS) is 17.3. The van der Waals surface area contributed by atoms with Crippen molar-refractivity contribution in [3.63, 3.8) is 0 Å². The molecule has 2 aromatic rings. The third-order valence-electron chi connectivity index (χ3n) is 3.68. The van der Waals surface area contributed by atoms with E-state index in [-0.39, 0.29) is 5.82 Å². The van der Waals surface area contributed by atoms with E-state index in [1.807, 2.05) is 0 Å². The van der Waals surface area contributed by atoms with E-state index in [0.29, 0.717) is 16.8 Å². The Balaban J connectivity index is 2.12. The molecule has 1 aromatic carbocycles. The van der Waals surface area contributed by atoms with Gasteiger partial charge in [-0.25, -0.2) is 9.18 Å². The van der Waals surface area contributed by atoms with Gasteiger partial charge >= 0.3 is 5.76 Å². The fourth-order valence-electron chi connectivity index (χ4n) is 2.46. The lowest BCUT2D eigenvalue weighted by Gasteiger charge is -2.33. The lowest BCUT2D eigenvalue weighted by atomic mass is 10.2. The molecule has 0 spiro atoms. The topological polar surface area (TPSA) is 41.6 Å². The second kappa shape index (κ2) is 4.38. The summed E-state index contributed by atoms with van der Waals surface area (Å²) < 4.78 is 20.3. The van der Waals surface area contributed by atoms with Crippen molar-refractivity contribution < 1.29 is 8.81 Å². The molecule has 1 aliphatic rings. The first-order valence-corrected chi connectivity index (χ1v) is 6.29. The predicted octanol–water partition coefficient (Wildman–Crippen LogP) is 1.02. The summed E-state index contributed by atoms with van der Waals surface area (Å²) in [5.74, 6) is -0.811. The van der Waals surface area contributed by atoms with Gasteiger partial charge in [0.15, 0.2) is 5.58 Å². The number of nitrogens with zero attached hydrogens (tertiary/aromatic N) is 3. The van der Waals surface area contributed by atoms with Crippen LogP contribution in [0.15, 0.2) is 21.3 Å². The van der Waals surface area contributed by atoms with Gasteiger partial charge in [-0.15, -0.1) is 0 Å². The van der Waals surface area contributed by atoms with E-state index in [1.165, 1.54) is 16.7 Å². The number of likely N-dealkylation sites (N-methyl/N-ethyl adjacent to an activating group) is 1. The molecule has 102 valence electrons. The number of aromatic nitrogens is 1. The molecule has 1 aromatic heterocycles. The molecule has 1 aliphatic heterocycles. The minimum atomic E-state index is -0.462. The van der Waals surface area contributed by atoms with Crippen LogP contribution in [0, 0.1) is 5.82 Å². The summed E-state index contributed by atoms with van der Waals surface area (Å²) >= 11 is 0. The monoisotopic (exact) mass is 265 g/mol. The van der Waals surface area contributed by atoms with Crippen LogP contribution >= 0.6 is 0 Å². The summed E-state index contributed by atoms with van der Waals surface area (Å²) in [4.78, 5) is 15.9. The van der Waals surface area contributed by atoms with E-state index in [1.54, 1.807) is 7.05 Å². The summed E-state index contributed by atoms with van der Waals surface area (Å²) in [5.41, 5.74) is 1.64. The molecule has 19 heavy (non-hydrogen) atoms. The van der Waals surface area contributed by atoms with E-state index < -0.39 is 5.76 Å². The standard InChI is InChI=1S/C13H16FN3O2/c1-15-3-5-17(6-4-15)11-8-9(14)7-10-12(11)19-13(18)16(10)2/h7-8H,3-6H2,1-2H3. The number of aryl methyl sites for hydroxylation is 1. The van der Waals surface area contributed by atoms with Crippen LogP contribution in [0.3, 0.4) is 0 Å². The molecule has 0 aliphatic carbocycles. The van der Waals surface area contributed by atoms with Crippen molar-refractivity contribution in [1.29, 1.82) is 0 Å². The van der Waals surface area contributed by atoms with E-state index in [9.17, 15) is 9.18 Å². The first-order chi connectivity index (χ1) is 9.06. The second-order valence-electron chi connectivity index (χ2n) is 4.99. The van der Waals surface area contributed by atoms with Crippen molar-refractivity contribution in [3.8, 4) is 0 Å². The Morgan fingerprint density at radius 3 is 2.53 bits per heavy atom.